The van der Waals surface area contributed by atoms with Crippen LogP contribution >= 0.6 is 11.8 Å². The Kier molecular flexibility index (Phi) is 6.22. The molecule has 2 fully saturated rings. The van der Waals surface area contributed by atoms with Crippen molar-refractivity contribution in [1.82, 2.24) is 24.6 Å². The van der Waals surface area contributed by atoms with Gasteiger partial charge in [0.25, 0.3) is 5.91 Å². The maximum absolute atomic E-state index is 13.2. The van der Waals surface area contributed by atoms with Crippen LogP contribution in [0.15, 0.2) is 58.3 Å². The lowest BCUT2D eigenvalue weighted by Crippen LogP contribution is -2.52. The third-order valence-corrected chi connectivity index (χ3v) is 7.18. The summed E-state index contributed by atoms with van der Waals surface area (Å²) in [7, 11) is 0. The Morgan fingerprint density at radius 3 is 2.42 bits per heavy atom. The Balaban J connectivity index is 1.22. The number of rotatable bonds is 7. The number of nitrogens with zero attached hydrogens (tertiary/aromatic N) is 5. The van der Waals surface area contributed by atoms with E-state index in [2.05, 4.69) is 26.9 Å². The molecule has 0 bridgehead atoms. The number of thioether (sulfide) groups is 1. The van der Waals surface area contributed by atoms with E-state index >= 15 is 0 Å². The molecule has 2 amide bonds. The van der Waals surface area contributed by atoms with Gasteiger partial charge in [0.15, 0.2) is 10.9 Å². The monoisotopic (exact) mass is 465 g/mol. The fraction of sp³-hybridized carbons (Fsp3) is 0.417. The summed E-state index contributed by atoms with van der Waals surface area (Å²) in [4.78, 5) is 29.2. The van der Waals surface area contributed by atoms with Crippen LogP contribution in [0.25, 0.3) is 0 Å². The Morgan fingerprint density at radius 2 is 1.76 bits per heavy atom. The van der Waals surface area contributed by atoms with Crippen molar-refractivity contribution in [2.24, 2.45) is 0 Å². The Bertz CT molecular complexity index is 1100. The van der Waals surface area contributed by atoms with Gasteiger partial charge in [-0.1, -0.05) is 42.1 Å². The van der Waals surface area contributed by atoms with E-state index in [0.717, 1.165) is 23.8 Å². The quantitative estimate of drug-likeness (QED) is 0.498. The molecule has 2 aliphatic rings. The molecule has 172 valence electrons. The first kappa shape index (κ1) is 21.8. The van der Waals surface area contributed by atoms with Crippen LogP contribution in [0.2, 0.25) is 0 Å². The van der Waals surface area contributed by atoms with E-state index in [1.54, 1.807) is 17.0 Å². The predicted molar refractivity (Wildman–Crippen MR) is 124 cm³/mol. The lowest BCUT2D eigenvalue weighted by atomic mass is 10.2. The molecule has 33 heavy (non-hydrogen) atoms. The molecular weight excluding hydrogens is 438 g/mol. The Morgan fingerprint density at radius 1 is 1.03 bits per heavy atom. The van der Waals surface area contributed by atoms with E-state index in [4.69, 9.17) is 4.42 Å². The maximum atomic E-state index is 13.2. The maximum Gasteiger partial charge on any atom is 0.289 e. The average Bonchev–Trinajstić information content (AvgIpc) is 3.39. The zero-order valence-corrected chi connectivity index (χ0v) is 19.4. The first-order valence-corrected chi connectivity index (χ1v) is 12.2. The molecule has 0 N–H and O–H groups in total. The summed E-state index contributed by atoms with van der Waals surface area (Å²) in [6, 6.07) is 13.6. The summed E-state index contributed by atoms with van der Waals surface area (Å²) >= 11 is 1.46. The molecule has 1 saturated carbocycles. The van der Waals surface area contributed by atoms with Crippen molar-refractivity contribution in [3.05, 3.63) is 65.9 Å². The fourth-order valence-corrected chi connectivity index (χ4v) is 5.04. The number of carbonyl (C=O) groups excluding carboxylic acids is 2. The number of hydrogen-bond acceptors (Lipinski definition) is 6. The normalized spacial score (nSPS) is 17.2. The highest BCUT2D eigenvalue weighted by atomic mass is 32.2. The van der Waals surface area contributed by atoms with Gasteiger partial charge in [0.1, 0.15) is 5.82 Å². The summed E-state index contributed by atoms with van der Waals surface area (Å²) in [5, 5.41) is 9.41. The molecule has 0 spiro atoms. The second-order valence-electron chi connectivity index (χ2n) is 8.54. The molecule has 1 unspecified atom stereocenters. The van der Waals surface area contributed by atoms with E-state index in [-0.39, 0.29) is 17.1 Å². The van der Waals surface area contributed by atoms with Crippen LogP contribution in [-0.4, -0.2) is 67.8 Å². The minimum Gasteiger partial charge on any atom is -0.459 e. The van der Waals surface area contributed by atoms with Crippen LogP contribution in [-0.2, 0) is 11.3 Å². The van der Waals surface area contributed by atoms with Gasteiger partial charge in [0.05, 0.1) is 18.1 Å². The summed E-state index contributed by atoms with van der Waals surface area (Å²) in [6.07, 6.45) is 3.79. The van der Waals surface area contributed by atoms with E-state index in [0.29, 0.717) is 44.4 Å². The molecule has 3 aromatic rings. The summed E-state index contributed by atoms with van der Waals surface area (Å²) < 4.78 is 7.38. The molecule has 1 aliphatic heterocycles. The number of carbonyl (C=O) groups is 2. The molecule has 5 rings (SSSR count). The van der Waals surface area contributed by atoms with Crippen molar-refractivity contribution in [2.75, 3.05) is 26.2 Å². The number of furan rings is 1. The largest absolute Gasteiger partial charge is 0.459 e. The Hall–Kier alpha value is -3.07. The van der Waals surface area contributed by atoms with E-state index in [9.17, 15) is 9.59 Å². The third kappa shape index (κ3) is 4.83. The molecule has 1 aliphatic carbocycles. The number of aromatic nitrogens is 3. The van der Waals surface area contributed by atoms with E-state index < -0.39 is 0 Å². The highest BCUT2D eigenvalue weighted by Crippen LogP contribution is 2.40. The summed E-state index contributed by atoms with van der Waals surface area (Å²) in [6.45, 7) is 4.65. The van der Waals surface area contributed by atoms with Gasteiger partial charge in [-0.3, -0.25) is 9.59 Å². The van der Waals surface area contributed by atoms with Crippen LogP contribution in [0.1, 0.15) is 47.6 Å². The van der Waals surface area contributed by atoms with Crippen molar-refractivity contribution in [3.8, 4) is 0 Å². The molecule has 0 radical (unpaired) electrons. The van der Waals surface area contributed by atoms with Crippen LogP contribution in [0.4, 0.5) is 0 Å². The topological polar surface area (TPSA) is 84.5 Å². The van der Waals surface area contributed by atoms with Crippen molar-refractivity contribution in [2.45, 2.75) is 42.6 Å². The molecule has 9 heteroatoms. The average molecular weight is 466 g/mol. The molecule has 1 atom stereocenters. The van der Waals surface area contributed by atoms with Gasteiger partial charge in [-0.05, 0) is 37.5 Å². The minimum atomic E-state index is -0.289. The molecule has 1 saturated heterocycles. The second kappa shape index (κ2) is 9.43. The van der Waals surface area contributed by atoms with Gasteiger partial charge in [-0.25, -0.2) is 0 Å². The highest BCUT2D eigenvalue weighted by Gasteiger charge is 2.33. The van der Waals surface area contributed by atoms with Crippen molar-refractivity contribution < 1.29 is 14.0 Å². The second-order valence-corrected chi connectivity index (χ2v) is 9.85. The first-order valence-electron chi connectivity index (χ1n) is 11.4. The standard InChI is InChI=1S/C24H27N5O3S/c1-17(22(30)27-11-13-28(14-12-27)23(31)20-8-5-15-32-20)33-24-26-25-21(19-9-10-19)29(24)16-18-6-3-2-4-7-18/h2-8,15,17,19H,9-14,16H2,1H3. The fourth-order valence-electron chi connectivity index (χ4n) is 4.10. The van der Waals surface area contributed by atoms with E-state index in [1.807, 2.05) is 30.0 Å². The van der Waals surface area contributed by atoms with Crippen LogP contribution in [0, 0.1) is 0 Å². The molecule has 1 aromatic carbocycles. The summed E-state index contributed by atoms with van der Waals surface area (Å²) in [5.41, 5.74) is 1.19. The number of piperazine rings is 1. The molecular formula is C24H27N5O3S. The zero-order chi connectivity index (χ0) is 22.8. The highest BCUT2D eigenvalue weighted by molar-refractivity contribution is 8.00. The first-order chi connectivity index (χ1) is 16.1. The molecule has 3 heterocycles. The van der Waals surface area contributed by atoms with Gasteiger partial charge in [-0.15, -0.1) is 10.2 Å². The van der Waals surface area contributed by atoms with Gasteiger partial charge in [0, 0.05) is 32.1 Å². The van der Waals surface area contributed by atoms with Gasteiger partial charge < -0.3 is 18.8 Å². The smallest absolute Gasteiger partial charge is 0.289 e. The Labute approximate surface area is 197 Å². The van der Waals surface area contributed by atoms with Crippen LogP contribution in [0.5, 0.6) is 0 Å². The lowest BCUT2D eigenvalue weighted by molar-refractivity contribution is -0.131. The number of amides is 2. The molecule has 8 nitrogen and oxygen atoms in total. The number of hydrogen-bond donors (Lipinski definition) is 0. The predicted octanol–water partition coefficient (Wildman–Crippen LogP) is 3.26. The van der Waals surface area contributed by atoms with E-state index in [1.165, 1.54) is 23.6 Å². The van der Waals surface area contributed by atoms with Crippen LogP contribution < -0.4 is 0 Å². The lowest BCUT2D eigenvalue weighted by Gasteiger charge is -2.35. The zero-order valence-electron chi connectivity index (χ0n) is 18.6. The van der Waals surface area contributed by atoms with Crippen molar-refractivity contribution in [1.29, 1.82) is 0 Å². The molecule has 2 aromatic heterocycles. The van der Waals surface area contributed by atoms with Gasteiger partial charge in [0.2, 0.25) is 5.91 Å². The van der Waals surface area contributed by atoms with Crippen molar-refractivity contribution in [3.63, 3.8) is 0 Å². The van der Waals surface area contributed by atoms with Crippen LogP contribution in [0.3, 0.4) is 0 Å². The van der Waals surface area contributed by atoms with Gasteiger partial charge in [-0.2, -0.15) is 0 Å². The minimum absolute atomic E-state index is 0.0623. The number of benzene rings is 1. The third-order valence-electron chi connectivity index (χ3n) is 6.11. The summed E-state index contributed by atoms with van der Waals surface area (Å²) in [5.74, 6) is 1.76. The van der Waals surface area contributed by atoms with Crippen molar-refractivity contribution >= 4 is 23.6 Å². The SMILES string of the molecule is CC(Sc1nnc(C2CC2)n1Cc1ccccc1)C(=O)N1CCN(C(=O)c2ccco2)CC1. The van der Waals surface area contributed by atoms with Gasteiger partial charge >= 0.3 is 0 Å².